The number of hydrogen-bond acceptors (Lipinski definition) is 3. The summed E-state index contributed by atoms with van der Waals surface area (Å²) in [6.07, 6.45) is 1.10. The van der Waals surface area contributed by atoms with E-state index in [9.17, 15) is 5.11 Å². The summed E-state index contributed by atoms with van der Waals surface area (Å²) in [6, 6.07) is 14.7. The van der Waals surface area contributed by atoms with E-state index in [2.05, 4.69) is 72.7 Å². The Labute approximate surface area is 154 Å². The van der Waals surface area contributed by atoms with Gasteiger partial charge in [0.15, 0.2) is 6.54 Å². The first-order valence-corrected chi connectivity index (χ1v) is 9.90. The van der Waals surface area contributed by atoms with Crippen molar-refractivity contribution in [2.45, 2.75) is 32.9 Å². The Morgan fingerprint density at radius 1 is 1.08 bits per heavy atom. The summed E-state index contributed by atoms with van der Waals surface area (Å²) < 4.78 is 2.20. The third-order valence-electron chi connectivity index (χ3n) is 5.42. The van der Waals surface area contributed by atoms with Crippen LogP contribution in [0.4, 0.5) is 5.69 Å². The molecule has 4 rings (SSSR count). The fourth-order valence-electron chi connectivity index (χ4n) is 3.78. The molecule has 0 saturated carbocycles. The molecule has 0 fully saturated rings. The lowest BCUT2D eigenvalue weighted by Crippen LogP contribution is -2.41. The first-order valence-electron chi connectivity index (χ1n) is 8.91. The van der Waals surface area contributed by atoms with E-state index in [1.807, 2.05) is 11.8 Å². The monoisotopic (exact) mass is 353 g/mol. The number of hydrogen-bond donors (Lipinski definition) is 1. The Balaban J connectivity index is 1.83. The number of β-amino-alcohol motifs (C(OH)–C–C–N with tert-alkyl or cyclic N) is 1. The topological polar surface area (TPSA) is 26.5 Å². The van der Waals surface area contributed by atoms with Crippen LogP contribution in [0.3, 0.4) is 0 Å². The molecule has 0 aromatic heterocycles. The summed E-state index contributed by atoms with van der Waals surface area (Å²) in [5, 5.41) is 12.9. The van der Waals surface area contributed by atoms with Gasteiger partial charge in [-0.25, -0.2) is 9.48 Å². The first-order chi connectivity index (χ1) is 12.0. The van der Waals surface area contributed by atoms with Gasteiger partial charge in [-0.05, 0) is 56.1 Å². The molecule has 0 aliphatic carbocycles. The molecule has 2 aromatic carbocycles. The molecule has 4 heteroatoms. The molecule has 3 nitrogen and oxygen atoms in total. The first kappa shape index (κ1) is 16.7. The van der Waals surface area contributed by atoms with Crippen molar-refractivity contribution in [2.75, 3.05) is 23.7 Å². The number of benzene rings is 2. The number of aryl methyl sites for hydroxylation is 2. The highest BCUT2D eigenvalue weighted by Crippen LogP contribution is 2.38. The molecular formula is C21H25N2OS+. The van der Waals surface area contributed by atoms with E-state index in [0.29, 0.717) is 6.54 Å². The predicted molar refractivity (Wildman–Crippen MR) is 106 cm³/mol. The number of thioether (sulfide) groups is 1. The minimum Gasteiger partial charge on any atom is -0.346 e. The molecule has 0 saturated heterocycles. The summed E-state index contributed by atoms with van der Waals surface area (Å²) in [4.78, 5) is 2.31. The standard InChI is InChI=1S/C21H25N2OS/c1-15-8-10-18(11-9-15)21(24)14-22(20-23(21)12-5-13-25-20)19-7-4-6-16(2)17(19)3/h4,6-11,24H,5,12-14H2,1-3H3/q+1. The molecule has 2 aromatic rings. The minimum atomic E-state index is -0.966. The Morgan fingerprint density at radius 2 is 1.84 bits per heavy atom. The van der Waals surface area contributed by atoms with Crippen molar-refractivity contribution >= 4 is 22.6 Å². The number of nitrogens with zero attached hydrogens (tertiary/aromatic N) is 2. The second-order valence-electron chi connectivity index (χ2n) is 7.12. The molecule has 2 aliphatic rings. The number of anilines is 1. The fourth-order valence-corrected chi connectivity index (χ4v) is 4.96. The van der Waals surface area contributed by atoms with Crippen LogP contribution in [0.2, 0.25) is 0 Å². The molecule has 2 aliphatic heterocycles. The third-order valence-corrected chi connectivity index (χ3v) is 6.62. The summed E-state index contributed by atoms with van der Waals surface area (Å²) in [5.74, 6) is 1.11. The van der Waals surface area contributed by atoms with Gasteiger partial charge >= 0.3 is 5.17 Å². The van der Waals surface area contributed by atoms with E-state index in [1.165, 1.54) is 27.5 Å². The van der Waals surface area contributed by atoms with Crippen LogP contribution in [0.25, 0.3) is 0 Å². The van der Waals surface area contributed by atoms with Gasteiger partial charge < -0.3 is 5.11 Å². The number of rotatable bonds is 2. The van der Waals surface area contributed by atoms with Crippen LogP contribution in [0.15, 0.2) is 42.5 Å². The van der Waals surface area contributed by atoms with E-state index < -0.39 is 5.72 Å². The summed E-state index contributed by atoms with van der Waals surface area (Å²) in [7, 11) is 0. The van der Waals surface area contributed by atoms with Gasteiger partial charge in [-0.2, -0.15) is 0 Å². The largest absolute Gasteiger partial charge is 0.346 e. The van der Waals surface area contributed by atoms with Crippen LogP contribution in [0, 0.1) is 20.8 Å². The summed E-state index contributed by atoms with van der Waals surface area (Å²) in [5.41, 5.74) is 5.01. The zero-order chi connectivity index (χ0) is 17.6. The zero-order valence-corrected chi connectivity index (χ0v) is 15.9. The van der Waals surface area contributed by atoms with Crippen molar-refractivity contribution in [1.82, 2.24) is 0 Å². The highest BCUT2D eigenvalue weighted by molar-refractivity contribution is 8.13. The maximum absolute atomic E-state index is 11.7. The lowest BCUT2D eigenvalue weighted by Gasteiger charge is -2.24. The van der Waals surface area contributed by atoms with Gasteiger partial charge in [-0.15, -0.1) is 0 Å². The Hall–Kier alpha value is -1.78. The molecule has 25 heavy (non-hydrogen) atoms. The highest BCUT2D eigenvalue weighted by atomic mass is 32.2. The van der Waals surface area contributed by atoms with E-state index in [0.717, 1.165) is 24.3 Å². The van der Waals surface area contributed by atoms with Gasteiger partial charge in [0.25, 0.3) is 5.72 Å². The quantitative estimate of drug-likeness (QED) is 0.832. The molecule has 0 bridgehead atoms. The van der Waals surface area contributed by atoms with Crippen molar-refractivity contribution in [2.24, 2.45) is 0 Å². The highest BCUT2D eigenvalue weighted by Gasteiger charge is 2.53. The van der Waals surface area contributed by atoms with Gasteiger partial charge in [0.05, 0.1) is 6.54 Å². The third kappa shape index (κ3) is 2.68. The smallest absolute Gasteiger partial charge is 0.316 e. The molecule has 1 atom stereocenters. The summed E-state index contributed by atoms with van der Waals surface area (Å²) >= 11 is 1.86. The van der Waals surface area contributed by atoms with Gasteiger partial charge in [0, 0.05) is 11.3 Å². The van der Waals surface area contributed by atoms with Crippen molar-refractivity contribution in [3.8, 4) is 0 Å². The van der Waals surface area contributed by atoms with Crippen LogP contribution < -0.4 is 4.90 Å². The lowest BCUT2D eigenvalue weighted by atomic mass is 10.00. The lowest BCUT2D eigenvalue weighted by molar-refractivity contribution is -0.656. The van der Waals surface area contributed by atoms with E-state index in [1.54, 1.807) is 0 Å². The van der Waals surface area contributed by atoms with E-state index in [4.69, 9.17) is 0 Å². The second-order valence-corrected chi connectivity index (χ2v) is 8.19. The van der Waals surface area contributed by atoms with Crippen LogP contribution >= 0.6 is 11.8 Å². The van der Waals surface area contributed by atoms with Crippen LogP contribution in [0.1, 0.15) is 28.7 Å². The van der Waals surface area contributed by atoms with E-state index in [-0.39, 0.29) is 0 Å². The minimum absolute atomic E-state index is 0.572. The Kier molecular flexibility index (Phi) is 4.13. The molecule has 0 radical (unpaired) electrons. The van der Waals surface area contributed by atoms with E-state index >= 15 is 0 Å². The van der Waals surface area contributed by atoms with Crippen LogP contribution in [-0.2, 0) is 5.72 Å². The maximum atomic E-state index is 11.7. The normalized spacial score (nSPS) is 23.1. The molecule has 130 valence electrons. The number of aliphatic hydroxyl groups is 1. The molecular weight excluding hydrogens is 328 g/mol. The van der Waals surface area contributed by atoms with Crippen LogP contribution in [0.5, 0.6) is 0 Å². The molecule has 0 spiro atoms. The fraction of sp³-hybridized carbons (Fsp3) is 0.381. The summed E-state index contributed by atoms with van der Waals surface area (Å²) in [6.45, 7) is 7.87. The number of amidine groups is 1. The molecule has 1 N–H and O–H groups in total. The Morgan fingerprint density at radius 3 is 2.60 bits per heavy atom. The van der Waals surface area contributed by atoms with Crippen molar-refractivity contribution in [3.63, 3.8) is 0 Å². The van der Waals surface area contributed by atoms with Crippen molar-refractivity contribution in [3.05, 3.63) is 64.7 Å². The SMILES string of the molecule is Cc1ccc(C2(O)CN(c3cccc(C)c3C)C3=[N+]2CCCS3)cc1. The Bertz CT molecular complexity index is 843. The average Bonchev–Trinajstić information content (AvgIpc) is 2.92. The predicted octanol–water partition coefficient (Wildman–Crippen LogP) is 3.78. The molecule has 2 heterocycles. The second kappa shape index (κ2) is 6.19. The molecule has 1 unspecified atom stereocenters. The van der Waals surface area contributed by atoms with Crippen LogP contribution in [-0.4, -0.2) is 33.7 Å². The van der Waals surface area contributed by atoms with Gasteiger partial charge in [0.2, 0.25) is 0 Å². The average molecular weight is 354 g/mol. The van der Waals surface area contributed by atoms with Crippen molar-refractivity contribution in [1.29, 1.82) is 0 Å². The van der Waals surface area contributed by atoms with Gasteiger partial charge in [-0.3, -0.25) is 0 Å². The zero-order valence-electron chi connectivity index (χ0n) is 15.1. The van der Waals surface area contributed by atoms with Gasteiger partial charge in [-0.1, -0.05) is 42.0 Å². The maximum Gasteiger partial charge on any atom is 0.316 e. The van der Waals surface area contributed by atoms with Gasteiger partial charge in [0.1, 0.15) is 5.69 Å². The van der Waals surface area contributed by atoms with Crippen molar-refractivity contribution < 1.29 is 9.68 Å². The molecule has 0 amide bonds.